The highest BCUT2D eigenvalue weighted by Crippen LogP contribution is 2.12. The van der Waals surface area contributed by atoms with E-state index in [0.29, 0.717) is 48.0 Å². The third-order valence-corrected chi connectivity index (χ3v) is 4.85. The second-order valence-corrected chi connectivity index (χ2v) is 7.42. The second-order valence-electron chi connectivity index (χ2n) is 7.42. The maximum absolute atomic E-state index is 12.2. The Morgan fingerprint density at radius 3 is 2.12 bits per heavy atom. The fraction of sp³-hybridized carbons (Fsp3) is 0.240. The minimum Gasteiger partial charge on any atom is -0.467 e. The van der Waals surface area contributed by atoms with Crippen molar-refractivity contribution in [3.05, 3.63) is 83.8 Å². The van der Waals surface area contributed by atoms with Crippen LogP contribution in [0.4, 0.5) is 11.4 Å². The van der Waals surface area contributed by atoms with E-state index in [1.54, 1.807) is 74.0 Å². The number of nitrogens with one attached hydrogen (secondary N) is 4. The Hall–Kier alpha value is -4.11. The van der Waals surface area contributed by atoms with Gasteiger partial charge in [-0.1, -0.05) is 0 Å². The van der Waals surface area contributed by atoms with Crippen LogP contribution in [0.25, 0.3) is 0 Å². The molecule has 0 radical (unpaired) electrons. The quantitative estimate of drug-likeness (QED) is 0.306. The lowest BCUT2D eigenvalue weighted by atomic mass is 10.2. The zero-order valence-electron chi connectivity index (χ0n) is 18.9. The van der Waals surface area contributed by atoms with Crippen molar-refractivity contribution in [1.29, 1.82) is 0 Å². The zero-order chi connectivity index (χ0) is 24.2. The Morgan fingerprint density at radius 1 is 0.853 bits per heavy atom. The Bertz CT molecular complexity index is 1060. The summed E-state index contributed by atoms with van der Waals surface area (Å²) < 4.78 is 10.1. The van der Waals surface area contributed by atoms with Crippen molar-refractivity contribution in [2.75, 3.05) is 37.4 Å². The van der Waals surface area contributed by atoms with Crippen molar-refractivity contribution in [2.24, 2.45) is 0 Å². The summed E-state index contributed by atoms with van der Waals surface area (Å²) in [7, 11) is 1.62. The Kier molecular flexibility index (Phi) is 9.24. The number of carbonyl (C=O) groups is 3. The highest BCUT2D eigenvalue weighted by molar-refractivity contribution is 5.97. The molecule has 2 aromatic carbocycles. The smallest absolute Gasteiger partial charge is 0.251 e. The van der Waals surface area contributed by atoms with E-state index in [1.165, 1.54) is 0 Å². The van der Waals surface area contributed by atoms with Gasteiger partial charge in [0.2, 0.25) is 5.91 Å². The van der Waals surface area contributed by atoms with E-state index < -0.39 is 0 Å². The molecular weight excluding hydrogens is 436 g/mol. The number of anilines is 2. The van der Waals surface area contributed by atoms with Gasteiger partial charge < -0.3 is 30.4 Å². The van der Waals surface area contributed by atoms with Crippen LogP contribution in [-0.2, 0) is 16.1 Å². The SMILES string of the molecule is COCCCNC(=O)c1ccc(NC(=O)CNc2ccc(C(=O)NCc3ccco3)cc2)cc1. The summed E-state index contributed by atoms with van der Waals surface area (Å²) in [5.41, 5.74) is 2.32. The lowest BCUT2D eigenvalue weighted by Crippen LogP contribution is -2.25. The standard InChI is InChI=1S/C25H28N4O5/c1-33-14-3-13-26-24(31)18-7-11-21(12-8-18)29-23(30)17-27-20-9-5-19(6-10-20)25(32)28-16-22-4-2-15-34-22/h2,4-12,15,27H,3,13-14,16-17H2,1H3,(H,26,31)(H,28,32)(H,29,30). The molecule has 9 nitrogen and oxygen atoms in total. The molecular formula is C25H28N4O5. The highest BCUT2D eigenvalue weighted by Gasteiger charge is 2.08. The van der Waals surface area contributed by atoms with Crippen LogP contribution >= 0.6 is 0 Å². The second kappa shape index (κ2) is 12.8. The number of methoxy groups -OCH3 is 1. The summed E-state index contributed by atoms with van der Waals surface area (Å²) in [6.07, 6.45) is 2.30. The molecule has 1 aromatic heterocycles. The average molecular weight is 465 g/mol. The topological polar surface area (TPSA) is 122 Å². The molecule has 0 atom stereocenters. The molecule has 3 aromatic rings. The van der Waals surface area contributed by atoms with Gasteiger partial charge >= 0.3 is 0 Å². The van der Waals surface area contributed by atoms with Gasteiger partial charge in [-0.25, -0.2) is 0 Å². The first kappa shape index (κ1) is 24.5. The van der Waals surface area contributed by atoms with Gasteiger partial charge in [0.15, 0.2) is 0 Å². The third-order valence-electron chi connectivity index (χ3n) is 4.85. The first-order chi connectivity index (χ1) is 16.5. The van der Waals surface area contributed by atoms with E-state index in [0.717, 1.165) is 6.42 Å². The van der Waals surface area contributed by atoms with E-state index in [1.807, 2.05) is 0 Å². The number of furan rings is 1. The van der Waals surface area contributed by atoms with Crippen molar-refractivity contribution < 1.29 is 23.5 Å². The van der Waals surface area contributed by atoms with Crippen LogP contribution in [0.5, 0.6) is 0 Å². The molecule has 0 aliphatic carbocycles. The molecule has 3 amide bonds. The van der Waals surface area contributed by atoms with Gasteiger partial charge in [-0.15, -0.1) is 0 Å². The number of ether oxygens (including phenoxy) is 1. The van der Waals surface area contributed by atoms with Crippen molar-refractivity contribution in [1.82, 2.24) is 10.6 Å². The average Bonchev–Trinajstić information content (AvgIpc) is 3.38. The van der Waals surface area contributed by atoms with Gasteiger partial charge in [0.1, 0.15) is 5.76 Å². The Morgan fingerprint density at radius 2 is 1.50 bits per heavy atom. The first-order valence-electron chi connectivity index (χ1n) is 10.9. The lowest BCUT2D eigenvalue weighted by Gasteiger charge is -2.10. The monoisotopic (exact) mass is 464 g/mol. The molecule has 0 spiro atoms. The molecule has 0 aliphatic heterocycles. The summed E-state index contributed by atoms with van der Waals surface area (Å²) in [6, 6.07) is 17.0. The van der Waals surface area contributed by atoms with Crippen LogP contribution in [0, 0.1) is 0 Å². The number of hydrogen-bond donors (Lipinski definition) is 4. The predicted octanol–water partition coefficient (Wildman–Crippen LogP) is 3.03. The van der Waals surface area contributed by atoms with Crippen molar-refractivity contribution >= 4 is 29.1 Å². The van der Waals surface area contributed by atoms with E-state index in [-0.39, 0.29) is 24.3 Å². The van der Waals surface area contributed by atoms with Crippen molar-refractivity contribution in [2.45, 2.75) is 13.0 Å². The molecule has 178 valence electrons. The van der Waals surface area contributed by atoms with Gasteiger partial charge in [-0.05, 0) is 67.1 Å². The molecule has 0 unspecified atom stereocenters. The van der Waals surface area contributed by atoms with Crippen LogP contribution in [-0.4, -0.2) is 44.5 Å². The maximum Gasteiger partial charge on any atom is 0.251 e. The Labute approximate surface area is 197 Å². The van der Waals surface area contributed by atoms with Crippen LogP contribution in [0.1, 0.15) is 32.9 Å². The molecule has 0 aliphatic rings. The molecule has 0 saturated heterocycles. The summed E-state index contributed by atoms with van der Waals surface area (Å²) in [6.45, 7) is 1.48. The van der Waals surface area contributed by atoms with Crippen LogP contribution in [0.15, 0.2) is 71.3 Å². The highest BCUT2D eigenvalue weighted by atomic mass is 16.5. The molecule has 0 fully saturated rings. The van der Waals surface area contributed by atoms with Gasteiger partial charge in [-0.2, -0.15) is 0 Å². The number of hydrogen-bond acceptors (Lipinski definition) is 6. The molecule has 4 N–H and O–H groups in total. The van der Waals surface area contributed by atoms with Gasteiger partial charge in [0, 0.05) is 42.8 Å². The largest absolute Gasteiger partial charge is 0.467 e. The summed E-state index contributed by atoms with van der Waals surface area (Å²) in [4.78, 5) is 36.5. The zero-order valence-corrected chi connectivity index (χ0v) is 18.9. The van der Waals surface area contributed by atoms with Crippen LogP contribution < -0.4 is 21.3 Å². The van der Waals surface area contributed by atoms with E-state index >= 15 is 0 Å². The summed E-state index contributed by atoms with van der Waals surface area (Å²) in [5, 5.41) is 11.4. The Balaban J connectivity index is 1.40. The number of amides is 3. The van der Waals surface area contributed by atoms with E-state index in [2.05, 4.69) is 21.3 Å². The maximum atomic E-state index is 12.2. The van der Waals surface area contributed by atoms with E-state index in [9.17, 15) is 14.4 Å². The number of benzene rings is 2. The van der Waals surface area contributed by atoms with E-state index in [4.69, 9.17) is 9.15 Å². The van der Waals surface area contributed by atoms with Gasteiger partial charge in [-0.3, -0.25) is 14.4 Å². The third kappa shape index (κ3) is 7.79. The van der Waals surface area contributed by atoms with Crippen LogP contribution in [0.2, 0.25) is 0 Å². The van der Waals surface area contributed by atoms with Crippen molar-refractivity contribution in [3.63, 3.8) is 0 Å². The summed E-state index contributed by atoms with van der Waals surface area (Å²) in [5.74, 6) is 0.0482. The van der Waals surface area contributed by atoms with Crippen LogP contribution in [0.3, 0.4) is 0 Å². The molecule has 1 heterocycles. The fourth-order valence-electron chi connectivity index (χ4n) is 3.04. The summed E-state index contributed by atoms with van der Waals surface area (Å²) >= 11 is 0. The lowest BCUT2D eigenvalue weighted by molar-refractivity contribution is -0.114. The molecule has 0 saturated carbocycles. The van der Waals surface area contributed by atoms with Gasteiger partial charge in [0.25, 0.3) is 11.8 Å². The number of rotatable bonds is 12. The van der Waals surface area contributed by atoms with Crippen molar-refractivity contribution in [3.8, 4) is 0 Å². The molecule has 9 heteroatoms. The normalized spacial score (nSPS) is 10.4. The molecule has 34 heavy (non-hydrogen) atoms. The number of carbonyl (C=O) groups excluding carboxylic acids is 3. The fourth-order valence-corrected chi connectivity index (χ4v) is 3.04. The van der Waals surface area contributed by atoms with Gasteiger partial charge in [0.05, 0.1) is 19.4 Å². The first-order valence-corrected chi connectivity index (χ1v) is 10.9. The molecule has 3 rings (SSSR count). The minimum absolute atomic E-state index is 0.0474. The molecule has 0 bridgehead atoms. The minimum atomic E-state index is -0.239. The predicted molar refractivity (Wildman–Crippen MR) is 129 cm³/mol.